The second-order valence-corrected chi connectivity index (χ2v) is 6.19. The summed E-state index contributed by atoms with van der Waals surface area (Å²) in [5, 5.41) is 0. The molecule has 0 spiro atoms. The van der Waals surface area contributed by atoms with Gasteiger partial charge in [0.1, 0.15) is 5.75 Å². The summed E-state index contributed by atoms with van der Waals surface area (Å²) >= 11 is 3.44. The molecule has 0 atom stereocenters. The molecule has 1 aromatic carbocycles. The molecule has 3 aromatic rings. The molecule has 128 valence electrons. The van der Waals surface area contributed by atoms with Gasteiger partial charge in [-0.1, -0.05) is 22.0 Å². The van der Waals surface area contributed by atoms with Crippen molar-refractivity contribution in [3.63, 3.8) is 0 Å². The smallest absolute Gasteiger partial charge is 0.340 e. The number of esters is 1. The zero-order valence-electron chi connectivity index (χ0n) is 13.8. The second-order valence-electron chi connectivity index (χ2n) is 5.27. The van der Waals surface area contributed by atoms with Crippen molar-refractivity contribution >= 4 is 33.7 Å². The van der Waals surface area contributed by atoms with Gasteiger partial charge in [-0.3, -0.25) is 4.79 Å². The number of nitrogens with zero attached hydrogens (tertiary/aromatic N) is 1. The minimum absolute atomic E-state index is 0.245. The highest BCUT2D eigenvalue weighted by Gasteiger charge is 2.27. The zero-order valence-corrected chi connectivity index (χ0v) is 15.4. The van der Waals surface area contributed by atoms with E-state index in [4.69, 9.17) is 9.47 Å². The fourth-order valence-electron chi connectivity index (χ4n) is 2.91. The van der Waals surface area contributed by atoms with Gasteiger partial charge < -0.3 is 13.9 Å². The third-order valence-electron chi connectivity index (χ3n) is 3.90. The van der Waals surface area contributed by atoms with Crippen LogP contribution in [-0.4, -0.2) is 30.4 Å². The van der Waals surface area contributed by atoms with Crippen LogP contribution in [0.15, 0.2) is 47.1 Å². The van der Waals surface area contributed by atoms with Crippen molar-refractivity contribution in [1.29, 1.82) is 0 Å². The maximum Gasteiger partial charge on any atom is 0.340 e. The average Bonchev–Trinajstić information content (AvgIpc) is 2.96. The minimum Gasteiger partial charge on any atom is -0.496 e. The predicted molar refractivity (Wildman–Crippen MR) is 98.4 cm³/mol. The number of benzene rings is 1. The molecule has 0 aliphatic heterocycles. The van der Waals surface area contributed by atoms with E-state index in [-0.39, 0.29) is 6.61 Å². The van der Waals surface area contributed by atoms with Crippen molar-refractivity contribution < 1.29 is 19.1 Å². The molecule has 0 bridgehead atoms. The molecular weight excluding hydrogens is 386 g/mol. The van der Waals surface area contributed by atoms with Gasteiger partial charge in [-0.2, -0.15) is 0 Å². The largest absolute Gasteiger partial charge is 0.496 e. The topological polar surface area (TPSA) is 57.0 Å². The molecule has 0 saturated carbocycles. The fourth-order valence-corrected chi connectivity index (χ4v) is 3.27. The Bertz CT molecular complexity index is 961. The number of ether oxygens (including phenoxy) is 2. The first kappa shape index (κ1) is 17.2. The Morgan fingerprint density at radius 3 is 2.76 bits per heavy atom. The first-order chi connectivity index (χ1) is 12.1. The number of aldehydes is 1. The summed E-state index contributed by atoms with van der Waals surface area (Å²) in [6.45, 7) is 1.99. The highest BCUT2D eigenvalue weighted by atomic mass is 79.9. The fraction of sp³-hybridized carbons (Fsp3) is 0.158. The summed E-state index contributed by atoms with van der Waals surface area (Å²) in [7, 11) is 1.55. The van der Waals surface area contributed by atoms with E-state index in [0.717, 1.165) is 10.8 Å². The van der Waals surface area contributed by atoms with Crippen LogP contribution in [-0.2, 0) is 4.74 Å². The quantitative estimate of drug-likeness (QED) is 0.470. The summed E-state index contributed by atoms with van der Waals surface area (Å²) in [6.07, 6.45) is 2.49. The number of carbonyl (C=O) groups is 2. The zero-order chi connectivity index (χ0) is 18.0. The summed E-state index contributed by atoms with van der Waals surface area (Å²) in [6, 6.07) is 10.8. The third-order valence-corrected chi connectivity index (χ3v) is 4.40. The van der Waals surface area contributed by atoms with E-state index in [1.807, 2.05) is 18.2 Å². The molecule has 2 aromatic heterocycles. The van der Waals surface area contributed by atoms with Crippen molar-refractivity contribution in [2.45, 2.75) is 6.92 Å². The molecule has 0 fully saturated rings. The molecule has 2 heterocycles. The van der Waals surface area contributed by atoms with Crippen LogP contribution in [0, 0.1) is 0 Å². The lowest BCUT2D eigenvalue weighted by atomic mass is 9.99. The van der Waals surface area contributed by atoms with Gasteiger partial charge in [0.15, 0.2) is 6.29 Å². The van der Waals surface area contributed by atoms with E-state index >= 15 is 0 Å². The Kier molecular flexibility index (Phi) is 4.90. The van der Waals surface area contributed by atoms with Gasteiger partial charge in [0.2, 0.25) is 0 Å². The molecule has 0 aliphatic rings. The Balaban J connectivity index is 2.45. The van der Waals surface area contributed by atoms with Gasteiger partial charge in [0.05, 0.1) is 30.5 Å². The highest BCUT2D eigenvalue weighted by molar-refractivity contribution is 9.10. The molecule has 25 heavy (non-hydrogen) atoms. The normalized spacial score (nSPS) is 10.7. The Morgan fingerprint density at radius 2 is 2.08 bits per heavy atom. The summed E-state index contributed by atoms with van der Waals surface area (Å²) < 4.78 is 13.2. The van der Waals surface area contributed by atoms with Gasteiger partial charge in [0.25, 0.3) is 0 Å². The van der Waals surface area contributed by atoms with Gasteiger partial charge >= 0.3 is 5.97 Å². The summed E-state index contributed by atoms with van der Waals surface area (Å²) in [5.41, 5.74) is 2.47. The first-order valence-electron chi connectivity index (χ1n) is 7.71. The van der Waals surface area contributed by atoms with Gasteiger partial charge in [-0.25, -0.2) is 4.79 Å². The standard InChI is InChI=1S/C19H16BrNO4/c1-3-25-19(23)18-14-6-4-5-9-21(14)15(11-22)17(18)13-10-12(20)7-8-16(13)24-2/h4-11H,3H2,1-2H3. The average molecular weight is 402 g/mol. The lowest BCUT2D eigenvalue weighted by Gasteiger charge is -2.11. The van der Waals surface area contributed by atoms with E-state index < -0.39 is 5.97 Å². The van der Waals surface area contributed by atoms with E-state index in [9.17, 15) is 9.59 Å². The third kappa shape index (κ3) is 2.93. The Hall–Kier alpha value is -2.60. The highest BCUT2D eigenvalue weighted by Crippen LogP contribution is 2.39. The van der Waals surface area contributed by atoms with Crippen LogP contribution in [0.25, 0.3) is 16.6 Å². The molecule has 3 rings (SSSR count). The first-order valence-corrected chi connectivity index (χ1v) is 8.50. The summed E-state index contributed by atoms with van der Waals surface area (Å²) in [4.78, 5) is 24.5. The molecule has 0 saturated heterocycles. The number of halogens is 1. The van der Waals surface area contributed by atoms with Crippen molar-refractivity contribution in [2.24, 2.45) is 0 Å². The predicted octanol–water partition coefficient (Wildman–Crippen LogP) is 4.37. The SMILES string of the molecule is CCOC(=O)c1c(-c2cc(Br)ccc2OC)c(C=O)n2ccccc12. The number of carbonyl (C=O) groups excluding carboxylic acids is 2. The molecule has 0 aliphatic carbocycles. The van der Waals surface area contributed by atoms with E-state index in [2.05, 4.69) is 15.9 Å². The van der Waals surface area contributed by atoms with Crippen LogP contribution in [0.4, 0.5) is 0 Å². The lowest BCUT2D eigenvalue weighted by molar-refractivity contribution is 0.0529. The van der Waals surface area contributed by atoms with Crippen LogP contribution < -0.4 is 4.74 Å². The molecular formula is C19H16BrNO4. The molecule has 0 amide bonds. The number of rotatable bonds is 5. The van der Waals surface area contributed by atoms with Crippen molar-refractivity contribution in [1.82, 2.24) is 4.40 Å². The number of fused-ring (bicyclic) bond motifs is 1. The van der Waals surface area contributed by atoms with Crippen LogP contribution in [0.1, 0.15) is 27.8 Å². The van der Waals surface area contributed by atoms with Crippen LogP contribution in [0.5, 0.6) is 5.75 Å². The van der Waals surface area contributed by atoms with Crippen LogP contribution >= 0.6 is 15.9 Å². The second kappa shape index (κ2) is 7.11. The maximum atomic E-state index is 12.7. The van der Waals surface area contributed by atoms with Crippen LogP contribution in [0.2, 0.25) is 0 Å². The minimum atomic E-state index is -0.476. The van der Waals surface area contributed by atoms with Gasteiger partial charge in [-0.05, 0) is 37.3 Å². The van der Waals surface area contributed by atoms with Crippen molar-refractivity contribution in [2.75, 3.05) is 13.7 Å². The van der Waals surface area contributed by atoms with E-state index in [0.29, 0.717) is 33.7 Å². The van der Waals surface area contributed by atoms with Gasteiger partial charge in [0, 0.05) is 21.8 Å². The van der Waals surface area contributed by atoms with E-state index in [1.165, 1.54) is 0 Å². The molecule has 0 radical (unpaired) electrons. The number of hydrogen-bond acceptors (Lipinski definition) is 4. The maximum absolute atomic E-state index is 12.7. The Labute approximate surface area is 153 Å². The molecule has 0 N–H and O–H groups in total. The van der Waals surface area contributed by atoms with Crippen LogP contribution in [0.3, 0.4) is 0 Å². The van der Waals surface area contributed by atoms with Crippen molar-refractivity contribution in [3.8, 4) is 16.9 Å². The van der Waals surface area contributed by atoms with Crippen molar-refractivity contribution in [3.05, 3.63) is 58.3 Å². The number of methoxy groups -OCH3 is 1. The van der Waals surface area contributed by atoms with Gasteiger partial charge in [-0.15, -0.1) is 0 Å². The molecule has 5 nitrogen and oxygen atoms in total. The van der Waals surface area contributed by atoms with E-state index in [1.54, 1.807) is 42.8 Å². The monoisotopic (exact) mass is 401 g/mol. The Morgan fingerprint density at radius 1 is 1.28 bits per heavy atom. The number of hydrogen-bond donors (Lipinski definition) is 0. The number of aromatic nitrogens is 1. The lowest BCUT2D eigenvalue weighted by Crippen LogP contribution is -2.06. The summed E-state index contributed by atoms with van der Waals surface area (Å²) in [5.74, 6) is 0.0871. The number of pyridine rings is 1. The molecule has 0 unspecified atom stereocenters. The molecule has 6 heteroatoms.